The number of rotatable bonds is 9. The molecule has 0 bridgehead atoms. The number of hydrogen-bond acceptors (Lipinski definition) is 4. The van der Waals surface area contributed by atoms with Gasteiger partial charge in [0.15, 0.2) is 5.88 Å². The zero-order valence-electron chi connectivity index (χ0n) is 19.8. The minimum Gasteiger partial charge on any atom is -0.494 e. The van der Waals surface area contributed by atoms with Gasteiger partial charge in [-0.25, -0.2) is 9.38 Å². The van der Waals surface area contributed by atoms with Crippen LogP contribution < -0.4 is 0 Å². The molecular formula is C28H28FN3O3. The number of aromatic amines is 1. The number of aryl methyl sites for hydroxylation is 1. The van der Waals surface area contributed by atoms with E-state index in [0.717, 1.165) is 24.2 Å². The highest BCUT2D eigenvalue weighted by Crippen LogP contribution is 2.32. The van der Waals surface area contributed by atoms with E-state index in [-0.39, 0.29) is 12.3 Å². The van der Waals surface area contributed by atoms with Crippen LogP contribution in [0.25, 0.3) is 10.9 Å². The zero-order chi connectivity index (χ0) is 24.9. The first-order valence-corrected chi connectivity index (χ1v) is 11.5. The molecule has 1 heterocycles. The Kier molecular flexibility index (Phi) is 7.27. The molecule has 0 fully saturated rings. The highest BCUT2D eigenvalue weighted by atomic mass is 19.1. The molecule has 0 radical (unpaired) electrons. The molecule has 4 rings (SSSR count). The van der Waals surface area contributed by atoms with Gasteiger partial charge in [0.25, 0.3) is 0 Å². The van der Waals surface area contributed by atoms with E-state index in [1.807, 2.05) is 48.5 Å². The summed E-state index contributed by atoms with van der Waals surface area (Å²) in [6.07, 6.45) is 0.474. The third kappa shape index (κ3) is 5.75. The monoisotopic (exact) mass is 473 g/mol. The normalized spacial score (nSPS) is 11.9. The van der Waals surface area contributed by atoms with Crippen molar-refractivity contribution in [3.63, 3.8) is 0 Å². The lowest BCUT2D eigenvalue weighted by Gasteiger charge is -2.14. The number of carboxylic acids is 1. The smallest absolute Gasteiger partial charge is 0.303 e. The second-order valence-corrected chi connectivity index (χ2v) is 8.59. The van der Waals surface area contributed by atoms with Crippen molar-refractivity contribution in [2.75, 3.05) is 13.6 Å². The van der Waals surface area contributed by atoms with Gasteiger partial charge >= 0.3 is 5.97 Å². The molecule has 35 heavy (non-hydrogen) atoms. The molecule has 0 atom stereocenters. The molecule has 0 amide bonds. The van der Waals surface area contributed by atoms with Crippen LogP contribution in [0.3, 0.4) is 0 Å². The lowest BCUT2D eigenvalue weighted by Crippen LogP contribution is -2.16. The Bertz CT molecular complexity index is 1360. The van der Waals surface area contributed by atoms with Crippen LogP contribution in [0.5, 0.6) is 5.88 Å². The number of H-pyrrole nitrogens is 1. The first-order chi connectivity index (χ1) is 16.8. The summed E-state index contributed by atoms with van der Waals surface area (Å²) >= 11 is 0. The average Bonchev–Trinajstić information content (AvgIpc) is 3.17. The highest BCUT2D eigenvalue weighted by Gasteiger charge is 2.19. The predicted molar refractivity (Wildman–Crippen MR) is 136 cm³/mol. The molecule has 3 N–H and O–H groups in total. The highest BCUT2D eigenvalue weighted by molar-refractivity contribution is 6.21. The fourth-order valence-electron chi connectivity index (χ4n) is 3.97. The van der Waals surface area contributed by atoms with Crippen LogP contribution >= 0.6 is 0 Å². The molecule has 0 aliphatic rings. The van der Waals surface area contributed by atoms with Crippen molar-refractivity contribution in [1.29, 1.82) is 0 Å². The van der Waals surface area contributed by atoms with E-state index in [1.165, 1.54) is 17.7 Å². The van der Waals surface area contributed by atoms with Crippen molar-refractivity contribution in [1.82, 2.24) is 9.88 Å². The Morgan fingerprint density at radius 1 is 1.03 bits per heavy atom. The van der Waals surface area contributed by atoms with E-state index >= 15 is 0 Å². The molecule has 6 nitrogen and oxygen atoms in total. The Morgan fingerprint density at radius 3 is 2.37 bits per heavy atom. The maximum Gasteiger partial charge on any atom is 0.303 e. The van der Waals surface area contributed by atoms with Crippen molar-refractivity contribution in [3.05, 3.63) is 94.8 Å². The van der Waals surface area contributed by atoms with Gasteiger partial charge in [-0.3, -0.25) is 4.79 Å². The van der Waals surface area contributed by atoms with Gasteiger partial charge in [-0.1, -0.05) is 43.3 Å². The quantitative estimate of drug-likeness (QED) is 0.274. The largest absolute Gasteiger partial charge is 0.494 e. The summed E-state index contributed by atoms with van der Waals surface area (Å²) in [5.74, 6) is -1.35. The Hall–Kier alpha value is -3.97. The number of carboxylic acid groups (broad SMARTS) is 1. The van der Waals surface area contributed by atoms with Crippen LogP contribution in [0.2, 0.25) is 0 Å². The van der Waals surface area contributed by atoms with Gasteiger partial charge in [-0.2, -0.15) is 0 Å². The molecule has 180 valence electrons. The Labute approximate surface area is 203 Å². The van der Waals surface area contributed by atoms with Crippen molar-refractivity contribution >= 4 is 28.3 Å². The molecule has 0 aliphatic carbocycles. The Morgan fingerprint density at radius 2 is 1.71 bits per heavy atom. The number of aromatic nitrogens is 1. The number of carbonyl (C=O) groups is 1. The second-order valence-electron chi connectivity index (χ2n) is 8.59. The number of nitrogens with one attached hydrogen (secondary N) is 1. The van der Waals surface area contributed by atoms with E-state index in [1.54, 1.807) is 6.07 Å². The molecular weight excluding hydrogens is 445 g/mol. The van der Waals surface area contributed by atoms with E-state index in [9.17, 15) is 14.3 Å². The third-order valence-corrected chi connectivity index (χ3v) is 6.00. The molecule has 0 saturated heterocycles. The van der Waals surface area contributed by atoms with E-state index < -0.39 is 11.8 Å². The first kappa shape index (κ1) is 24.2. The standard InChI is InChI=1S/C28H28FN3O3/c1-3-32(2)17-19-6-12-22(13-7-19)30-27(20-9-4-18(5-10-20)8-15-25(33)34)26-23-14-11-21(29)16-24(23)31-28(26)35/h4-7,9-14,16,31,35H,3,8,15,17H2,1-2H3,(H,33,34). The average molecular weight is 474 g/mol. The summed E-state index contributed by atoms with van der Waals surface area (Å²) in [4.78, 5) is 20.9. The maximum atomic E-state index is 13.8. The van der Waals surface area contributed by atoms with Crippen LogP contribution in [0.4, 0.5) is 10.1 Å². The first-order valence-electron chi connectivity index (χ1n) is 11.5. The van der Waals surface area contributed by atoms with Crippen molar-refractivity contribution < 1.29 is 19.4 Å². The van der Waals surface area contributed by atoms with Gasteiger partial charge in [-0.15, -0.1) is 0 Å². The van der Waals surface area contributed by atoms with Gasteiger partial charge in [0.05, 0.1) is 22.5 Å². The number of aliphatic imine (C=N–C) groups is 1. The fourth-order valence-corrected chi connectivity index (χ4v) is 3.97. The number of aromatic hydroxyl groups is 1. The van der Waals surface area contributed by atoms with Crippen LogP contribution in [-0.4, -0.2) is 45.4 Å². The SMILES string of the molecule is CCN(C)Cc1ccc(N=C(c2ccc(CCC(=O)O)cc2)c2c(O)[nH]c3cc(F)ccc23)cc1. The van der Waals surface area contributed by atoms with Crippen molar-refractivity contribution in [2.45, 2.75) is 26.3 Å². The summed E-state index contributed by atoms with van der Waals surface area (Å²) in [6, 6.07) is 19.7. The summed E-state index contributed by atoms with van der Waals surface area (Å²) in [6.45, 7) is 3.89. The van der Waals surface area contributed by atoms with Crippen molar-refractivity contribution in [3.8, 4) is 5.88 Å². The minimum atomic E-state index is -0.846. The lowest BCUT2D eigenvalue weighted by atomic mass is 9.98. The molecule has 0 unspecified atom stereocenters. The second kappa shape index (κ2) is 10.5. The topological polar surface area (TPSA) is 88.9 Å². The number of halogens is 1. The lowest BCUT2D eigenvalue weighted by molar-refractivity contribution is -0.136. The van der Waals surface area contributed by atoms with Crippen LogP contribution in [-0.2, 0) is 17.8 Å². The van der Waals surface area contributed by atoms with Crippen molar-refractivity contribution in [2.24, 2.45) is 4.99 Å². The van der Waals surface area contributed by atoms with E-state index in [2.05, 4.69) is 23.9 Å². The van der Waals surface area contributed by atoms with Crippen LogP contribution in [0.15, 0.2) is 71.7 Å². The maximum absolute atomic E-state index is 13.8. The number of fused-ring (bicyclic) bond motifs is 1. The third-order valence-electron chi connectivity index (χ3n) is 6.00. The zero-order valence-corrected chi connectivity index (χ0v) is 19.8. The van der Waals surface area contributed by atoms with Gasteiger partial charge in [0.1, 0.15) is 5.82 Å². The van der Waals surface area contributed by atoms with E-state index in [0.29, 0.717) is 34.3 Å². The molecule has 0 aliphatic heterocycles. The summed E-state index contributed by atoms with van der Waals surface area (Å²) < 4.78 is 13.8. The summed E-state index contributed by atoms with van der Waals surface area (Å²) in [5, 5.41) is 20.4. The number of aliphatic carboxylic acids is 1. The molecule has 7 heteroatoms. The molecule has 1 aromatic heterocycles. The van der Waals surface area contributed by atoms with Gasteiger partial charge in [0.2, 0.25) is 0 Å². The number of hydrogen-bond donors (Lipinski definition) is 3. The number of benzene rings is 3. The summed E-state index contributed by atoms with van der Waals surface area (Å²) in [7, 11) is 2.06. The van der Waals surface area contributed by atoms with Gasteiger partial charge in [0, 0.05) is 23.9 Å². The van der Waals surface area contributed by atoms with Crippen LogP contribution in [0.1, 0.15) is 35.6 Å². The molecule has 0 spiro atoms. The van der Waals surface area contributed by atoms with E-state index in [4.69, 9.17) is 10.1 Å². The molecule has 0 saturated carbocycles. The number of nitrogens with zero attached hydrogens (tertiary/aromatic N) is 2. The predicted octanol–water partition coefficient (Wildman–Crippen LogP) is 5.65. The summed E-state index contributed by atoms with van der Waals surface area (Å²) in [5.41, 5.74) is 5.01. The minimum absolute atomic E-state index is 0.0503. The molecule has 4 aromatic rings. The molecule has 3 aromatic carbocycles. The van der Waals surface area contributed by atoms with Gasteiger partial charge in [-0.05, 0) is 61.5 Å². The fraction of sp³-hybridized carbons (Fsp3) is 0.214. The van der Waals surface area contributed by atoms with Gasteiger partial charge < -0.3 is 20.1 Å². The van der Waals surface area contributed by atoms with Crippen LogP contribution in [0, 0.1) is 5.82 Å². The Balaban J connectivity index is 1.77.